The lowest BCUT2D eigenvalue weighted by Crippen LogP contribution is -2.74. The molecular formula is C66H48N2Si2. The lowest BCUT2D eigenvalue weighted by Gasteiger charge is -2.35. The molecule has 0 unspecified atom stereocenters. The van der Waals surface area contributed by atoms with Crippen molar-refractivity contribution in [2.45, 2.75) is 0 Å². The second kappa shape index (κ2) is 17.2. The van der Waals surface area contributed by atoms with E-state index < -0.39 is 40.3 Å². The minimum atomic E-state index is -3.26. The molecule has 0 saturated carbocycles. The van der Waals surface area contributed by atoms with Crippen LogP contribution in [0.2, 0.25) is 0 Å². The molecule has 0 radical (unpaired) electrons. The first-order valence-corrected chi connectivity index (χ1v) is 27.6. The summed E-state index contributed by atoms with van der Waals surface area (Å²) in [5, 5.41) is 11.7. The van der Waals surface area contributed by atoms with Crippen LogP contribution in [0.5, 0.6) is 0 Å². The van der Waals surface area contributed by atoms with Crippen LogP contribution in [0.3, 0.4) is 0 Å². The van der Waals surface area contributed by atoms with E-state index in [4.69, 9.17) is 5.48 Å². The molecular weight excluding hydrogens is 877 g/mol. The fourth-order valence-corrected chi connectivity index (χ4v) is 21.2. The van der Waals surface area contributed by atoms with E-state index in [9.17, 15) is 5.48 Å². The van der Waals surface area contributed by atoms with Crippen molar-refractivity contribution < 1.29 is 11.0 Å². The number of para-hydroxylation sites is 2. The van der Waals surface area contributed by atoms with Crippen molar-refractivity contribution in [3.63, 3.8) is 0 Å². The number of hydrogen-bond acceptors (Lipinski definition) is 0. The zero-order valence-electron chi connectivity index (χ0n) is 46.0. The van der Waals surface area contributed by atoms with Crippen LogP contribution in [0.4, 0.5) is 0 Å². The van der Waals surface area contributed by atoms with Crippen LogP contribution >= 0.6 is 0 Å². The van der Waals surface area contributed by atoms with Gasteiger partial charge in [0.15, 0.2) is 16.1 Å². The Morgan fingerprint density at radius 1 is 0.271 bits per heavy atom. The Morgan fingerprint density at radius 2 is 0.643 bits per heavy atom. The molecule has 0 atom stereocenters. The monoisotopic (exact) mass is 932 g/mol. The van der Waals surface area contributed by atoms with E-state index in [2.05, 4.69) is 229 Å². The van der Waals surface area contributed by atoms with E-state index in [1.54, 1.807) is 4.57 Å². The summed E-state index contributed by atoms with van der Waals surface area (Å²) in [6.07, 6.45) is 0. The molecule has 70 heavy (non-hydrogen) atoms. The van der Waals surface area contributed by atoms with Crippen LogP contribution in [0.1, 0.15) is 11.0 Å². The largest absolute Gasteiger partial charge is 0.309 e. The van der Waals surface area contributed by atoms with Gasteiger partial charge in [-0.05, 0) is 90.0 Å². The van der Waals surface area contributed by atoms with E-state index in [0.717, 1.165) is 32.7 Å². The summed E-state index contributed by atoms with van der Waals surface area (Å²) in [5.41, 5.74) is 3.41. The van der Waals surface area contributed by atoms with Crippen molar-refractivity contribution in [2.75, 3.05) is 0 Å². The molecule has 2 nitrogen and oxygen atoms in total. The lowest BCUT2D eigenvalue weighted by atomic mass is 10.1. The second-order valence-corrected chi connectivity index (χ2v) is 25.3. The van der Waals surface area contributed by atoms with E-state index in [1.807, 2.05) is 18.2 Å². The summed E-state index contributed by atoms with van der Waals surface area (Å²) in [6.45, 7) is 0. The molecule has 13 aromatic rings. The minimum Gasteiger partial charge on any atom is -0.309 e. The Morgan fingerprint density at radius 3 is 1.09 bits per heavy atom. The van der Waals surface area contributed by atoms with Gasteiger partial charge < -0.3 is 9.13 Å². The standard InChI is InChI=1S/C66H48N2Si2/c1-7-24-51(25-8-1)69(52-26-9-2-10-27-52,53-28-11-3-12-29-53)57-45-42-49(43-46-57)67-63-47-44-50(68-61-38-21-19-36-58(61)59-37-20-22-39-62(59)68)48-60(63)66-64(67)40-23-41-65(66)70(54-30-13-4-14-31-54,55-32-15-5-16-33-55)56-34-17-6-18-35-56/h1-48H/i19D,20D,21D,22D,36D,37D,38D,39D. The highest BCUT2D eigenvalue weighted by Crippen LogP contribution is 2.37. The predicted molar refractivity (Wildman–Crippen MR) is 302 cm³/mol. The van der Waals surface area contributed by atoms with Crippen LogP contribution in [0.15, 0.2) is 291 Å². The zero-order chi connectivity index (χ0) is 53.5. The molecule has 0 saturated heterocycles. The Bertz CT molecular complexity index is 4170. The molecule has 0 N–H and O–H groups in total. The Kier molecular flexibility index (Phi) is 8.32. The van der Waals surface area contributed by atoms with Crippen molar-refractivity contribution in [1.29, 1.82) is 0 Å². The highest BCUT2D eigenvalue weighted by atomic mass is 28.3. The topological polar surface area (TPSA) is 9.86 Å². The van der Waals surface area contributed by atoms with Crippen LogP contribution in [-0.2, 0) is 0 Å². The van der Waals surface area contributed by atoms with Gasteiger partial charge in [0.1, 0.15) is 0 Å². The molecule has 4 heteroatoms. The third-order valence-corrected chi connectivity index (χ3v) is 23.9. The highest BCUT2D eigenvalue weighted by Gasteiger charge is 2.44. The molecule has 0 aliphatic rings. The average Bonchev–Trinajstić information content (AvgIpc) is 4.25. The van der Waals surface area contributed by atoms with Gasteiger partial charge in [-0.3, -0.25) is 0 Å². The third-order valence-electron chi connectivity index (χ3n) is 14.3. The molecule has 0 aliphatic heterocycles. The molecule has 2 heterocycles. The van der Waals surface area contributed by atoms with Gasteiger partial charge in [-0.2, -0.15) is 0 Å². The average molecular weight is 933 g/mol. The molecule has 11 aromatic carbocycles. The molecule has 0 amide bonds. The van der Waals surface area contributed by atoms with Crippen molar-refractivity contribution in [2.24, 2.45) is 0 Å². The summed E-state index contributed by atoms with van der Waals surface area (Å²) in [5.74, 6) is 0. The van der Waals surface area contributed by atoms with Crippen molar-refractivity contribution >= 4 is 101 Å². The Labute approximate surface area is 421 Å². The van der Waals surface area contributed by atoms with Crippen LogP contribution in [0.25, 0.3) is 55.0 Å². The molecule has 13 rings (SSSR count). The van der Waals surface area contributed by atoms with Crippen LogP contribution < -0.4 is 41.5 Å². The molecule has 0 aliphatic carbocycles. The van der Waals surface area contributed by atoms with Gasteiger partial charge in [-0.1, -0.05) is 243 Å². The molecule has 330 valence electrons. The number of fused-ring (bicyclic) bond motifs is 6. The first-order valence-electron chi connectivity index (χ1n) is 27.6. The third kappa shape index (κ3) is 6.38. The number of hydrogen-bond donors (Lipinski definition) is 0. The lowest BCUT2D eigenvalue weighted by molar-refractivity contribution is 1.17. The van der Waals surface area contributed by atoms with Crippen molar-refractivity contribution in [3.8, 4) is 11.4 Å². The van der Waals surface area contributed by atoms with Gasteiger partial charge in [-0.25, -0.2) is 0 Å². The molecule has 2 aromatic heterocycles. The van der Waals surface area contributed by atoms with E-state index in [0.29, 0.717) is 5.69 Å². The maximum Gasteiger partial charge on any atom is 0.180 e. The van der Waals surface area contributed by atoms with Crippen LogP contribution in [-0.4, -0.2) is 25.3 Å². The SMILES string of the molecule is [2H]c1c([2H])c([2H])c2c(c1[2H])c1c([2H])c([2H])c([2H])c([2H])c1n2-c1ccc2c(c1)c1c([Si](c3ccccc3)(c3ccccc3)c3ccccc3)cccc1n2-c1ccc([Si](c2ccccc2)(c2ccccc2)c2ccccc2)cc1. The van der Waals surface area contributed by atoms with Gasteiger partial charge in [0.25, 0.3) is 0 Å². The van der Waals surface area contributed by atoms with Gasteiger partial charge in [0, 0.05) is 32.9 Å². The number of aromatic nitrogens is 2. The fraction of sp³-hybridized carbons (Fsp3) is 0. The number of nitrogens with zero attached hydrogens (tertiary/aromatic N) is 2. The normalized spacial score (nSPS) is 13.6. The second-order valence-electron chi connectivity index (χ2n) is 17.8. The van der Waals surface area contributed by atoms with Gasteiger partial charge in [0.05, 0.1) is 33.0 Å². The first kappa shape index (κ1) is 33.9. The highest BCUT2D eigenvalue weighted by molar-refractivity contribution is 7.21. The number of benzene rings is 11. The molecule has 0 bridgehead atoms. The summed E-state index contributed by atoms with van der Waals surface area (Å²) in [7, 11) is -6.15. The summed E-state index contributed by atoms with van der Waals surface area (Å²) in [4.78, 5) is 0. The van der Waals surface area contributed by atoms with E-state index in [-0.39, 0.29) is 46.0 Å². The van der Waals surface area contributed by atoms with E-state index >= 15 is 0 Å². The first-order chi connectivity index (χ1) is 38.1. The van der Waals surface area contributed by atoms with Gasteiger partial charge in [0.2, 0.25) is 0 Å². The smallest absolute Gasteiger partial charge is 0.180 e. The molecule has 0 fully saturated rings. The quantitative estimate of drug-likeness (QED) is 0.0955. The van der Waals surface area contributed by atoms with Crippen LogP contribution in [0, 0.1) is 0 Å². The minimum absolute atomic E-state index is 0.0381. The van der Waals surface area contributed by atoms with E-state index in [1.165, 1.54) is 36.3 Å². The predicted octanol–water partition coefficient (Wildman–Crippen LogP) is 10.6. The number of rotatable bonds is 10. The molecule has 0 spiro atoms. The maximum atomic E-state index is 9.41. The maximum absolute atomic E-state index is 9.41. The van der Waals surface area contributed by atoms with Crippen molar-refractivity contribution in [3.05, 3.63) is 291 Å². The van der Waals surface area contributed by atoms with Gasteiger partial charge >= 0.3 is 0 Å². The fourth-order valence-electron chi connectivity index (χ4n) is 11.4. The summed E-state index contributed by atoms with van der Waals surface area (Å²) < 4.78 is 76.4. The zero-order valence-corrected chi connectivity index (χ0v) is 40.0. The summed E-state index contributed by atoms with van der Waals surface area (Å²) >= 11 is 0. The Balaban J connectivity index is 1.17. The van der Waals surface area contributed by atoms with Gasteiger partial charge in [-0.15, -0.1) is 0 Å². The Hall–Kier alpha value is -8.55. The summed E-state index contributed by atoms with van der Waals surface area (Å²) in [6, 6.07) is 83.3. The van der Waals surface area contributed by atoms with Crippen molar-refractivity contribution in [1.82, 2.24) is 9.13 Å².